The Bertz CT molecular complexity index is 569. The number of nitrogens with zero attached hydrogens (tertiary/aromatic N) is 1. The molecule has 0 saturated heterocycles. The molecule has 0 fully saturated rings. The Balaban J connectivity index is 2.36. The second-order valence-electron chi connectivity index (χ2n) is 3.94. The van der Waals surface area contributed by atoms with Gasteiger partial charge in [0.15, 0.2) is 0 Å². The highest BCUT2D eigenvalue weighted by Gasteiger charge is 2.03. The van der Waals surface area contributed by atoms with Crippen molar-refractivity contribution in [3.8, 4) is 0 Å². The summed E-state index contributed by atoms with van der Waals surface area (Å²) in [5.41, 5.74) is 4.24. The topological polar surface area (TPSA) is 29.4 Å². The van der Waals surface area contributed by atoms with E-state index in [-0.39, 0.29) is 0 Å². The fraction of sp³-hybridized carbons (Fsp3) is 0.133. The number of hydrogen-bond donors (Lipinski definition) is 0. The maximum atomic E-state index is 10.4. The molecule has 0 heterocycles. The van der Waals surface area contributed by atoms with Crippen LogP contribution in [0.5, 0.6) is 0 Å². The predicted molar refractivity (Wildman–Crippen MR) is 68.2 cm³/mol. The van der Waals surface area contributed by atoms with Crippen LogP contribution >= 0.6 is 0 Å². The van der Waals surface area contributed by atoms with Gasteiger partial charge in [-0.2, -0.15) is 4.99 Å². The zero-order valence-electron chi connectivity index (χ0n) is 9.68. The van der Waals surface area contributed by atoms with Gasteiger partial charge in [-0.05, 0) is 36.1 Å². The summed E-state index contributed by atoms with van der Waals surface area (Å²) in [5.74, 6) is 0. The van der Waals surface area contributed by atoms with Crippen molar-refractivity contribution in [1.82, 2.24) is 0 Å². The lowest BCUT2D eigenvalue weighted by atomic mass is 10.00. The highest BCUT2D eigenvalue weighted by atomic mass is 16.1. The van der Waals surface area contributed by atoms with Crippen LogP contribution in [0.4, 0.5) is 5.69 Å². The molecule has 0 aliphatic carbocycles. The maximum Gasteiger partial charge on any atom is 0.240 e. The molecule has 0 saturated carbocycles. The number of isocyanates is 1. The van der Waals surface area contributed by atoms with Gasteiger partial charge in [-0.3, -0.25) is 0 Å². The molecule has 2 nitrogen and oxygen atoms in total. The number of hydrogen-bond acceptors (Lipinski definition) is 2. The predicted octanol–water partition coefficient (Wildman–Crippen LogP) is 3.55. The molecular weight excluding hydrogens is 210 g/mol. The summed E-state index contributed by atoms with van der Waals surface area (Å²) in [6.45, 7) is 2.08. The molecule has 0 aliphatic heterocycles. The number of para-hydroxylation sites is 1. The SMILES string of the molecule is Cc1ccccc1Cc1ccccc1N=C=O. The van der Waals surface area contributed by atoms with Crippen molar-refractivity contribution in [3.63, 3.8) is 0 Å². The average Bonchev–Trinajstić information content (AvgIpc) is 2.35. The number of aryl methyl sites for hydroxylation is 1. The minimum absolute atomic E-state index is 0.700. The molecular formula is C15H13NO. The van der Waals surface area contributed by atoms with Gasteiger partial charge >= 0.3 is 0 Å². The lowest BCUT2D eigenvalue weighted by Gasteiger charge is -2.07. The number of rotatable bonds is 3. The first-order valence-corrected chi connectivity index (χ1v) is 5.51. The summed E-state index contributed by atoms with van der Waals surface area (Å²) in [7, 11) is 0. The molecule has 17 heavy (non-hydrogen) atoms. The Morgan fingerprint density at radius 3 is 2.35 bits per heavy atom. The van der Waals surface area contributed by atoms with E-state index in [1.807, 2.05) is 36.4 Å². The summed E-state index contributed by atoms with van der Waals surface area (Å²) in [5, 5.41) is 0. The quantitative estimate of drug-likeness (QED) is 0.578. The number of carbonyl (C=O) groups excluding carboxylic acids is 1. The third-order valence-electron chi connectivity index (χ3n) is 2.80. The molecule has 0 spiro atoms. The normalized spacial score (nSPS) is 9.71. The van der Waals surface area contributed by atoms with E-state index in [0.29, 0.717) is 5.69 Å². The second-order valence-corrected chi connectivity index (χ2v) is 3.94. The van der Waals surface area contributed by atoms with Crippen LogP contribution in [0.2, 0.25) is 0 Å². The number of benzene rings is 2. The van der Waals surface area contributed by atoms with Crippen LogP contribution in [0.25, 0.3) is 0 Å². The molecule has 0 aliphatic rings. The molecule has 2 aromatic rings. The summed E-state index contributed by atoms with van der Waals surface area (Å²) in [4.78, 5) is 14.1. The van der Waals surface area contributed by atoms with Gasteiger partial charge in [0, 0.05) is 0 Å². The zero-order chi connectivity index (χ0) is 12.1. The van der Waals surface area contributed by atoms with Gasteiger partial charge in [-0.15, -0.1) is 0 Å². The van der Waals surface area contributed by atoms with Crippen LogP contribution in [-0.2, 0) is 11.2 Å². The maximum absolute atomic E-state index is 10.4. The van der Waals surface area contributed by atoms with Gasteiger partial charge in [0.05, 0.1) is 5.69 Å². The van der Waals surface area contributed by atoms with Crippen molar-refractivity contribution in [2.24, 2.45) is 4.99 Å². The molecule has 0 atom stereocenters. The van der Waals surface area contributed by atoms with Crippen molar-refractivity contribution < 1.29 is 4.79 Å². The van der Waals surface area contributed by atoms with E-state index in [1.54, 1.807) is 6.08 Å². The van der Waals surface area contributed by atoms with E-state index >= 15 is 0 Å². The zero-order valence-corrected chi connectivity index (χ0v) is 9.68. The summed E-state index contributed by atoms with van der Waals surface area (Å²) >= 11 is 0. The lowest BCUT2D eigenvalue weighted by molar-refractivity contribution is 0.565. The Morgan fingerprint density at radius 2 is 1.65 bits per heavy atom. The summed E-state index contributed by atoms with van der Waals surface area (Å²) in [6.07, 6.45) is 2.39. The Morgan fingerprint density at radius 1 is 1.00 bits per heavy atom. The van der Waals surface area contributed by atoms with Gasteiger partial charge in [0.25, 0.3) is 0 Å². The van der Waals surface area contributed by atoms with E-state index < -0.39 is 0 Å². The van der Waals surface area contributed by atoms with Crippen molar-refractivity contribution in [3.05, 3.63) is 65.2 Å². The standard InChI is InChI=1S/C15H13NO/c1-12-6-2-3-7-13(12)10-14-8-4-5-9-15(14)16-11-17/h2-9H,10H2,1H3. The fourth-order valence-electron chi connectivity index (χ4n) is 1.83. The minimum Gasteiger partial charge on any atom is -0.211 e. The van der Waals surface area contributed by atoms with E-state index in [2.05, 4.69) is 24.0 Å². The van der Waals surface area contributed by atoms with Crippen LogP contribution in [0, 0.1) is 6.92 Å². The second kappa shape index (κ2) is 5.24. The molecule has 0 bridgehead atoms. The van der Waals surface area contributed by atoms with Crippen molar-refractivity contribution in [2.75, 3.05) is 0 Å². The summed E-state index contributed by atoms with van der Waals surface area (Å²) < 4.78 is 0. The Kier molecular flexibility index (Phi) is 3.49. The highest BCUT2D eigenvalue weighted by molar-refractivity contribution is 5.55. The highest BCUT2D eigenvalue weighted by Crippen LogP contribution is 2.22. The van der Waals surface area contributed by atoms with Crippen LogP contribution in [-0.4, -0.2) is 6.08 Å². The van der Waals surface area contributed by atoms with Gasteiger partial charge < -0.3 is 0 Å². The summed E-state index contributed by atoms with van der Waals surface area (Å²) in [6, 6.07) is 15.9. The van der Waals surface area contributed by atoms with E-state index in [1.165, 1.54) is 11.1 Å². The van der Waals surface area contributed by atoms with Crippen molar-refractivity contribution >= 4 is 11.8 Å². The first kappa shape index (κ1) is 11.3. The van der Waals surface area contributed by atoms with Gasteiger partial charge in [-0.1, -0.05) is 42.5 Å². The molecule has 0 amide bonds. The molecule has 0 N–H and O–H groups in total. The Hall–Kier alpha value is -2.18. The van der Waals surface area contributed by atoms with E-state index in [9.17, 15) is 4.79 Å². The lowest BCUT2D eigenvalue weighted by Crippen LogP contribution is -1.91. The van der Waals surface area contributed by atoms with Crippen LogP contribution in [0.1, 0.15) is 16.7 Å². The molecule has 2 rings (SSSR count). The first-order chi connectivity index (χ1) is 8.31. The molecule has 84 valence electrons. The van der Waals surface area contributed by atoms with Gasteiger partial charge in [0.2, 0.25) is 6.08 Å². The van der Waals surface area contributed by atoms with E-state index in [0.717, 1.165) is 12.0 Å². The van der Waals surface area contributed by atoms with Crippen LogP contribution in [0.15, 0.2) is 53.5 Å². The molecule has 0 unspecified atom stereocenters. The average molecular weight is 223 g/mol. The smallest absolute Gasteiger partial charge is 0.211 e. The fourth-order valence-corrected chi connectivity index (χ4v) is 1.83. The van der Waals surface area contributed by atoms with Crippen molar-refractivity contribution in [2.45, 2.75) is 13.3 Å². The van der Waals surface area contributed by atoms with Gasteiger partial charge in [0.1, 0.15) is 0 Å². The third-order valence-corrected chi connectivity index (χ3v) is 2.80. The van der Waals surface area contributed by atoms with Crippen LogP contribution in [0.3, 0.4) is 0 Å². The van der Waals surface area contributed by atoms with E-state index in [4.69, 9.17) is 0 Å². The third kappa shape index (κ3) is 2.68. The number of aliphatic imine (C=N–C) groups is 1. The molecule has 0 aromatic heterocycles. The molecule has 2 heteroatoms. The largest absolute Gasteiger partial charge is 0.240 e. The molecule has 0 radical (unpaired) electrons. The minimum atomic E-state index is 0.700. The Labute approximate surface area is 101 Å². The van der Waals surface area contributed by atoms with Crippen LogP contribution < -0.4 is 0 Å². The molecule has 2 aromatic carbocycles. The van der Waals surface area contributed by atoms with Crippen molar-refractivity contribution in [1.29, 1.82) is 0 Å². The van der Waals surface area contributed by atoms with Gasteiger partial charge in [-0.25, -0.2) is 4.79 Å². The monoisotopic (exact) mass is 223 g/mol. The first-order valence-electron chi connectivity index (χ1n) is 5.51.